The molecule has 8 nitrogen and oxygen atoms in total. The highest BCUT2D eigenvalue weighted by Crippen LogP contribution is 2.33. The first-order valence-corrected chi connectivity index (χ1v) is 8.48. The van der Waals surface area contributed by atoms with E-state index in [1.54, 1.807) is 37.3 Å². The van der Waals surface area contributed by atoms with Gasteiger partial charge >= 0.3 is 6.03 Å². The molecular weight excluding hydrogens is 350 g/mol. The van der Waals surface area contributed by atoms with Crippen LogP contribution < -0.4 is 20.2 Å². The van der Waals surface area contributed by atoms with E-state index in [2.05, 4.69) is 10.7 Å². The van der Waals surface area contributed by atoms with Crippen LogP contribution in [0.2, 0.25) is 0 Å². The number of imide groups is 1. The van der Waals surface area contributed by atoms with Crippen molar-refractivity contribution in [3.63, 3.8) is 0 Å². The van der Waals surface area contributed by atoms with Crippen LogP contribution in [-0.2, 0) is 10.3 Å². The van der Waals surface area contributed by atoms with Gasteiger partial charge in [-0.05, 0) is 30.2 Å². The Hall–Kier alpha value is -3.55. The molecule has 27 heavy (non-hydrogen) atoms. The number of hydrogen-bond acceptors (Lipinski definition) is 5. The SMILES string of the molecule is CC[C@]1(c2ccccc2)NC(=O)N(NC(=O)c2ccc3c(c2)OCO3)C1=O. The molecule has 0 saturated carbocycles. The molecular formula is C19H17N3O5. The van der Waals surface area contributed by atoms with E-state index >= 15 is 0 Å². The van der Waals surface area contributed by atoms with Gasteiger partial charge < -0.3 is 14.8 Å². The number of benzene rings is 2. The second-order valence-electron chi connectivity index (χ2n) is 6.20. The number of hydrazine groups is 1. The molecule has 0 radical (unpaired) electrons. The van der Waals surface area contributed by atoms with Gasteiger partial charge in [-0.3, -0.25) is 15.0 Å². The maximum absolute atomic E-state index is 13.0. The van der Waals surface area contributed by atoms with Gasteiger partial charge in [0, 0.05) is 5.56 Å². The molecule has 1 fully saturated rings. The molecule has 4 rings (SSSR count). The molecule has 2 aromatic rings. The maximum Gasteiger partial charge on any atom is 0.344 e. The van der Waals surface area contributed by atoms with Crippen molar-refractivity contribution in [1.82, 2.24) is 15.8 Å². The quantitative estimate of drug-likeness (QED) is 0.805. The Balaban J connectivity index is 1.58. The first-order chi connectivity index (χ1) is 13.0. The lowest BCUT2D eigenvalue weighted by atomic mass is 9.87. The molecule has 0 aliphatic carbocycles. The number of carbonyl (C=O) groups excluding carboxylic acids is 3. The van der Waals surface area contributed by atoms with Crippen LogP contribution >= 0.6 is 0 Å². The highest BCUT2D eigenvalue weighted by atomic mass is 16.7. The Bertz CT molecular complexity index is 930. The molecule has 8 heteroatoms. The fourth-order valence-electron chi connectivity index (χ4n) is 3.24. The largest absolute Gasteiger partial charge is 0.454 e. The minimum Gasteiger partial charge on any atom is -0.454 e. The van der Waals surface area contributed by atoms with Crippen molar-refractivity contribution in [1.29, 1.82) is 0 Å². The van der Waals surface area contributed by atoms with Crippen LogP contribution in [0.3, 0.4) is 0 Å². The second-order valence-corrected chi connectivity index (χ2v) is 6.20. The van der Waals surface area contributed by atoms with Gasteiger partial charge in [-0.1, -0.05) is 37.3 Å². The van der Waals surface area contributed by atoms with Crippen molar-refractivity contribution < 1.29 is 23.9 Å². The number of hydrogen-bond donors (Lipinski definition) is 2. The summed E-state index contributed by atoms with van der Waals surface area (Å²) < 4.78 is 10.5. The number of rotatable bonds is 4. The summed E-state index contributed by atoms with van der Waals surface area (Å²) in [7, 11) is 0. The van der Waals surface area contributed by atoms with Crippen LogP contribution in [0.1, 0.15) is 29.3 Å². The second kappa shape index (κ2) is 6.31. The lowest BCUT2D eigenvalue weighted by Crippen LogP contribution is -2.48. The highest BCUT2D eigenvalue weighted by molar-refractivity contribution is 6.09. The van der Waals surface area contributed by atoms with E-state index in [-0.39, 0.29) is 12.4 Å². The number of amides is 4. The molecule has 1 atom stereocenters. The Labute approximate surface area is 155 Å². The van der Waals surface area contributed by atoms with Crippen molar-refractivity contribution in [3.05, 3.63) is 59.7 Å². The zero-order chi connectivity index (χ0) is 19.0. The van der Waals surface area contributed by atoms with Crippen molar-refractivity contribution >= 4 is 17.8 Å². The summed E-state index contributed by atoms with van der Waals surface area (Å²) in [5, 5.41) is 3.44. The summed E-state index contributed by atoms with van der Waals surface area (Å²) in [6.45, 7) is 1.89. The van der Waals surface area contributed by atoms with Gasteiger partial charge in [0.15, 0.2) is 11.5 Å². The fourth-order valence-corrected chi connectivity index (χ4v) is 3.24. The summed E-state index contributed by atoms with van der Waals surface area (Å²) in [5.74, 6) is -0.158. The van der Waals surface area contributed by atoms with Crippen LogP contribution in [0.5, 0.6) is 11.5 Å². The molecule has 2 aliphatic heterocycles. The minimum atomic E-state index is -1.21. The number of fused-ring (bicyclic) bond motifs is 1. The monoisotopic (exact) mass is 367 g/mol. The van der Waals surface area contributed by atoms with Crippen LogP contribution in [0.15, 0.2) is 48.5 Å². The molecule has 2 N–H and O–H groups in total. The van der Waals surface area contributed by atoms with E-state index in [0.717, 1.165) is 5.01 Å². The summed E-state index contributed by atoms with van der Waals surface area (Å²) in [4.78, 5) is 38.0. The van der Waals surface area contributed by atoms with Crippen molar-refractivity contribution in [2.75, 3.05) is 6.79 Å². The van der Waals surface area contributed by atoms with Crippen molar-refractivity contribution in [3.8, 4) is 11.5 Å². The van der Waals surface area contributed by atoms with Crippen LogP contribution in [-0.4, -0.2) is 29.6 Å². The zero-order valence-corrected chi connectivity index (χ0v) is 14.5. The number of nitrogens with one attached hydrogen (secondary N) is 2. The molecule has 0 spiro atoms. The molecule has 0 unspecified atom stereocenters. The molecule has 2 heterocycles. The third-order valence-electron chi connectivity index (χ3n) is 4.74. The van der Waals surface area contributed by atoms with E-state index in [9.17, 15) is 14.4 Å². The van der Waals surface area contributed by atoms with E-state index in [1.807, 2.05) is 6.07 Å². The lowest BCUT2D eigenvalue weighted by molar-refractivity contribution is -0.133. The van der Waals surface area contributed by atoms with Crippen LogP contribution in [0, 0.1) is 0 Å². The highest BCUT2D eigenvalue weighted by Gasteiger charge is 2.52. The van der Waals surface area contributed by atoms with Crippen LogP contribution in [0.4, 0.5) is 4.79 Å². The van der Waals surface area contributed by atoms with Gasteiger partial charge in [0.25, 0.3) is 11.8 Å². The topological polar surface area (TPSA) is 97.0 Å². The maximum atomic E-state index is 13.0. The molecule has 2 aliphatic rings. The Morgan fingerprint density at radius 2 is 1.89 bits per heavy atom. The van der Waals surface area contributed by atoms with Gasteiger partial charge in [-0.25, -0.2) is 4.79 Å². The molecule has 138 valence electrons. The molecule has 1 saturated heterocycles. The fraction of sp³-hybridized carbons (Fsp3) is 0.211. The molecule has 0 aromatic heterocycles. The third-order valence-corrected chi connectivity index (χ3v) is 4.74. The molecule has 2 aromatic carbocycles. The first kappa shape index (κ1) is 16.9. The Morgan fingerprint density at radius 1 is 1.15 bits per heavy atom. The standard InChI is InChI=1S/C19H17N3O5/c1-2-19(13-6-4-3-5-7-13)17(24)22(18(25)20-19)21-16(23)12-8-9-14-15(10-12)27-11-26-14/h3-10H,2,11H2,1H3,(H,20,25)(H,21,23)/t19-/m1/s1. The first-order valence-electron chi connectivity index (χ1n) is 8.48. The van der Waals surface area contributed by atoms with E-state index in [1.165, 1.54) is 12.1 Å². The smallest absolute Gasteiger partial charge is 0.344 e. The molecule has 4 amide bonds. The third kappa shape index (κ3) is 2.66. The Kier molecular flexibility index (Phi) is 3.95. The molecule has 0 bridgehead atoms. The number of carbonyl (C=O) groups is 3. The number of urea groups is 1. The van der Waals surface area contributed by atoms with E-state index in [4.69, 9.17) is 9.47 Å². The average Bonchev–Trinajstić information content (AvgIpc) is 3.26. The van der Waals surface area contributed by atoms with Gasteiger partial charge in [-0.2, -0.15) is 5.01 Å². The van der Waals surface area contributed by atoms with Gasteiger partial charge in [0.2, 0.25) is 6.79 Å². The predicted molar refractivity (Wildman–Crippen MR) is 93.8 cm³/mol. The summed E-state index contributed by atoms with van der Waals surface area (Å²) in [6.07, 6.45) is 0.345. The van der Waals surface area contributed by atoms with Gasteiger partial charge in [0.05, 0.1) is 0 Å². The number of nitrogens with zero attached hydrogens (tertiary/aromatic N) is 1. The summed E-state index contributed by atoms with van der Waals surface area (Å²) >= 11 is 0. The van der Waals surface area contributed by atoms with Crippen LogP contribution in [0.25, 0.3) is 0 Å². The average molecular weight is 367 g/mol. The summed E-state index contributed by atoms with van der Waals surface area (Å²) in [5.41, 5.74) is 2.08. The van der Waals surface area contributed by atoms with Crippen molar-refractivity contribution in [2.24, 2.45) is 0 Å². The van der Waals surface area contributed by atoms with E-state index < -0.39 is 23.4 Å². The predicted octanol–water partition coefficient (Wildman–Crippen LogP) is 1.92. The van der Waals surface area contributed by atoms with Gasteiger partial charge in [0.1, 0.15) is 5.54 Å². The van der Waals surface area contributed by atoms with E-state index in [0.29, 0.717) is 23.5 Å². The van der Waals surface area contributed by atoms with Gasteiger partial charge in [-0.15, -0.1) is 0 Å². The normalized spacial score (nSPS) is 20.6. The summed E-state index contributed by atoms with van der Waals surface area (Å²) in [6, 6.07) is 12.9. The Morgan fingerprint density at radius 3 is 2.63 bits per heavy atom. The number of ether oxygens (including phenoxy) is 2. The van der Waals surface area contributed by atoms with Crippen molar-refractivity contribution in [2.45, 2.75) is 18.9 Å². The lowest BCUT2D eigenvalue weighted by Gasteiger charge is -2.25. The minimum absolute atomic E-state index is 0.0868. The zero-order valence-electron chi connectivity index (χ0n) is 14.5.